The van der Waals surface area contributed by atoms with Crippen LogP contribution in [0.5, 0.6) is 5.75 Å². The number of sulfonamides is 1. The van der Waals surface area contributed by atoms with Gasteiger partial charge in [0, 0.05) is 22.2 Å². The first kappa shape index (κ1) is 23.9. The Labute approximate surface area is 197 Å². The number of carbonyl (C=O) groups is 1. The van der Waals surface area contributed by atoms with E-state index < -0.39 is 10.0 Å². The maximum absolute atomic E-state index is 12.6. The van der Waals surface area contributed by atoms with Gasteiger partial charge in [-0.1, -0.05) is 29.3 Å². The molecule has 32 heavy (non-hydrogen) atoms. The number of halogens is 2. The van der Waals surface area contributed by atoms with Crippen molar-refractivity contribution in [2.24, 2.45) is 0 Å². The molecule has 2 N–H and O–H groups in total. The van der Waals surface area contributed by atoms with Crippen LogP contribution in [0.2, 0.25) is 10.0 Å². The van der Waals surface area contributed by atoms with Gasteiger partial charge in [-0.15, -0.1) is 0 Å². The number of hydrogen-bond donors (Lipinski definition) is 2. The van der Waals surface area contributed by atoms with E-state index in [1.165, 1.54) is 12.1 Å². The summed E-state index contributed by atoms with van der Waals surface area (Å²) in [6, 6.07) is 17.9. The smallest absolute Gasteiger partial charge is 0.261 e. The molecule has 3 aromatic carbocycles. The molecule has 0 fully saturated rings. The summed E-state index contributed by atoms with van der Waals surface area (Å²) in [5.74, 6) is 0.501. The molecule has 168 valence electrons. The molecule has 0 aliphatic heterocycles. The number of amides is 1. The molecule has 0 aromatic heterocycles. The fraction of sp³-hybridized carbons (Fsp3) is 0.174. The molecule has 0 aliphatic carbocycles. The highest BCUT2D eigenvalue weighted by molar-refractivity contribution is 7.92. The van der Waals surface area contributed by atoms with Crippen LogP contribution in [-0.2, 0) is 14.8 Å². The van der Waals surface area contributed by atoms with Gasteiger partial charge in [-0.25, -0.2) is 8.42 Å². The minimum Gasteiger partial charge on any atom is -0.494 e. The van der Waals surface area contributed by atoms with E-state index in [1.54, 1.807) is 54.6 Å². The quantitative estimate of drug-likeness (QED) is 0.364. The third kappa shape index (κ3) is 6.88. The van der Waals surface area contributed by atoms with Gasteiger partial charge < -0.3 is 10.1 Å². The van der Waals surface area contributed by atoms with E-state index in [4.69, 9.17) is 27.9 Å². The molecular weight excluding hydrogens is 471 g/mol. The Bertz CT molecular complexity index is 1180. The predicted octanol–water partition coefficient (Wildman–Crippen LogP) is 5.90. The third-order valence-corrected chi connectivity index (χ3v) is 6.56. The minimum absolute atomic E-state index is 0.0727. The zero-order valence-corrected chi connectivity index (χ0v) is 19.6. The fourth-order valence-corrected chi connectivity index (χ4v) is 4.12. The Balaban J connectivity index is 1.49. The topological polar surface area (TPSA) is 84.5 Å². The Morgan fingerprint density at radius 2 is 1.59 bits per heavy atom. The van der Waals surface area contributed by atoms with Crippen molar-refractivity contribution in [3.8, 4) is 5.75 Å². The van der Waals surface area contributed by atoms with Crippen LogP contribution in [0.25, 0.3) is 0 Å². The van der Waals surface area contributed by atoms with Crippen LogP contribution in [0.1, 0.15) is 18.4 Å². The average molecular weight is 493 g/mol. The molecule has 0 radical (unpaired) electrons. The first-order chi connectivity index (χ1) is 15.2. The van der Waals surface area contributed by atoms with E-state index in [1.807, 2.05) is 6.92 Å². The molecule has 9 heteroatoms. The average Bonchev–Trinajstić information content (AvgIpc) is 2.75. The first-order valence-corrected chi connectivity index (χ1v) is 12.0. The van der Waals surface area contributed by atoms with Gasteiger partial charge in [0.25, 0.3) is 10.0 Å². The molecule has 1 amide bonds. The lowest BCUT2D eigenvalue weighted by molar-refractivity contribution is -0.116. The van der Waals surface area contributed by atoms with Crippen LogP contribution < -0.4 is 14.8 Å². The maximum Gasteiger partial charge on any atom is 0.261 e. The highest BCUT2D eigenvalue weighted by atomic mass is 35.5. The summed E-state index contributed by atoms with van der Waals surface area (Å²) < 4.78 is 33.2. The standard InChI is InChI=1S/C23H22Cl2N2O4S/c1-16-4-7-19(15-22(16)25)27-32(29,30)21-12-8-18(9-13-21)26-23(28)3-2-14-31-20-10-5-17(24)6-11-20/h4-13,15,27H,2-3,14H2,1H3,(H,26,28). The van der Waals surface area contributed by atoms with Crippen molar-refractivity contribution in [3.63, 3.8) is 0 Å². The second-order valence-corrected chi connectivity index (χ2v) is 9.57. The number of nitrogens with one attached hydrogen (secondary N) is 2. The molecule has 0 saturated heterocycles. The second-order valence-electron chi connectivity index (χ2n) is 7.05. The number of ether oxygens (including phenoxy) is 1. The van der Waals surface area contributed by atoms with E-state index in [2.05, 4.69) is 10.0 Å². The van der Waals surface area contributed by atoms with Gasteiger partial charge in [-0.2, -0.15) is 0 Å². The van der Waals surface area contributed by atoms with Crippen molar-refractivity contribution >= 4 is 50.5 Å². The van der Waals surface area contributed by atoms with Crippen LogP contribution in [-0.4, -0.2) is 20.9 Å². The Morgan fingerprint density at radius 3 is 2.25 bits per heavy atom. The molecule has 0 heterocycles. The minimum atomic E-state index is -3.78. The molecular formula is C23H22Cl2N2O4S. The normalized spacial score (nSPS) is 11.1. The molecule has 3 aromatic rings. The van der Waals surface area contributed by atoms with Crippen LogP contribution in [0.3, 0.4) is 0 Å². The number of aryl methyl sites for hydroxylation is 1. The lowest BCUT2D eigenvalue weighted by Gasteiger charge is -2.10. The summed E-state index contributed by atoms with van der Waals surface area (Å²) in [6.45, 7) is 2.22. The highest BCUT2D eigenvalue weighted by Crippen LogP contribution is 2.23. The number of carbonyl (C=O) groups excluding carboxylic acids is 1. The number of anilines is 2. The van der Waals surface area contributed by atoms with Crippen molar-refractivity contribution in [1.29, 1.82) is 0 Å². The summed E-state index contributed by atoms with van der Waals surface area (Å²) in [6.07, 6.45) is 0.799. The van der Waals surface area contributed by atoms with Crippen LogP contribution in [0.4, 0.5) is 11.4 Å². The van der Waals surface area contributed by atoms with Crippen molar-refractivity contribution in [3.05, 3.63) is 82.3 Å². The predicted molar refractivity (Wildman–Crippen MR) is 128 cm³/mol. The summed E-state index contributed by atoms with van der Waals surface area (Å²) >= 11 is 11.9. The van der Waals surface area contributed by atoms with E-state index in [0.717, 1.165) is 5.56 Å². The zero-order valence-electron chi connectivity index (χ0n) is 17.3. The number of hydrogen-bond acceptors (Lipinski definition) is 4. The van der Waals surface area contributed by atoms with Crippen LogP contribution >= 0.6 is 23.2 Å². The molecule has 6 nitrogen and oxygen atoms in total. The van der Waals surface area contributed by atoms with E-state index in [9.17, 15) is 13.2 Å². The van der Waals surface area contributed by atoms with Gasteiger partial charge in [0.2, 0.25) is 5.91 Å². The van der Waals surface area contributed by atoms with Crippen molar-refractivity contribution < 1.29 is 17.9 Å². The SMILES string of the molecule is Cc1ccc(NS(=O)(=O)c2ccc(NC(=O)CCCOc3ccc(Cl)cc3)cc2)cc1Cl. The van der Waals surface area contributed by atoms with Gasteiger partial charge in [0.15, 0.2) is 0 Å². The summed E-state index contributed by atoms with van der Waals surface area (Å²) in [7, 11) is -3.78. The second kappa shape index (κ2) is 10.7. The molecule has 0 atom stereocenters. The number of benzene rings is 3. The van der Waals surface area contributed by atoms with E-state index in [0.29, 0.717) is 40.2 Å². The van der Waals surface area contributed by atoms with Crippen molar-refractivity contribution in [1.82, 2.24) is 0 Å². The molecule has 0 saturated carbocycles. The van der Waals surface area contributed by atoms with Gasteiger partial charge in [0.05, 0.1) is 17.2 Å². The molecule has 0 bridgehead atoms. The summed E-state index contributed by atoms with van der Waals surface area (Å²) in [4.78, 5) is 12.2. The Morgan fingerprint density at radius 1 is 0.938 bits per heavy atom. The fourth-order valence-electron chi connectivity index (χ4n) is 2.76. The zero-order chi connectivity index (χ0) is 23.1. The third-order valence-electron chi connectivity index (χ3n) is 4.50. The van der Waals surface area contributed by atoms with Crippen molar-refractivity contribution in [2.75, 3.05) is 16.6 Å². The van der Waals surface area contributed by atoms with Crippen LogP contribution in [0.15, 0.2) is 71.6 Å². The molecule has 0 spiro atoms. The molecule has 0 aliphatic rings. The van der Waals surface area contributed by atoms with E-state index in [-0.39, 0.29) is 17.2 Å². The first-order valence-electron chi connectivity index (χ1n) is 9.80. The van der Waals surface area contributed by atoms with Crippen LogP contribution in [0, 0.1) is 6.92 Å². The van der Waals surface area contributed by atoms with Crippen molar-refractivity contribution in [2.45, 2.75) is 24.7 Å². The van der Waals surface area contributed by atoms with Gasteiger partial charge in [0.1, 0.15) is 5.75 Å². The van der Waals surface area contributed by atoms with E-state index >= 15 is 0 Å². The summed E-state index contributed by atoms with van der Waals surface area (Å²) in [5, 5.41) is 3.85. The molecule has 0 unspecified atom stereocenters. The highest BCUT2D eigenvalue weighted by Gasteiger charge is 2.15. The number of rotatable bonds is 9. The maximum atomic E-state index is 12.6. The Kier molecular flexibility index (Phi) is 8.01. The lowest BCUT2D eigenvalue weighted by atomic mass is 10.2. The largest absolute Gasteiger partial charge is 0.494 e. The lowest BCUT2D eigenvalue weighted by Crippen LogP contribution is -2.14. The Hall–Kier alpha value is -2.74. The van der Waals surface area contributed by atoms with Gasteiger partial charge in [-0.3, -0.25) is 9.52 Å². The van der Waals surface area contributed by atoms with Gasteiger partial charge in [-0.05, 0) is 79.6 Å². The molecule has 3 rings (SSSR count). The monoisotopic (exact) mass is 492 g/mol. The summed E-state index contributed by atoms with van der Waals surface area (Å²) in [5.41, 5.74) is 1.73. The van der Waals surface area contributed by atoms with Gasteiger partial charge >= 0.3 is 0 Å².